The summed E-state index contributed by atoms with van der Waals surface area (Å²) in [6, 6.07) is 3.54. The molecule has 1 saturated heterocycles. The van der Waals surface area contributed by atoms with E-state index in [0.29, 0.717) is 18.5 Å². The number of carbonyl (C=O) groups is 2. The summed E-state index contributed by atoms with van der Waals surface area (Å²) in [5.41, 5.74) is -0.433. The molecule has 0 aliphatic carbocycles. The number of rotatable bonds is 3. The second kappa shape index (κ2) is 6.67. The largest absolute Gasteiger partial charge is 0.416 e. The third-order valence-corrected chi connectivity index (χ3v) is 3.30. The van der Waals surface area contributed by atoms with Crippen molar-refractivity contribution in [3.63, 3.8) is 0 Å². The van der Waals surface area contributed by atoms with Gasteiger partial charge in [-0.1, -0.05) is 12.1 Å². The minimum Gasteiger partial charge on any atom is -0.354 e. The van der Waals surface area contributed by atoms with Crippen molar-refractivity contribution in [1.29, 1.82) is 0 Å². The summed E-state index contributed by atoms with van der Waals surface area (Å²) in [5, 5.41) is 7.58. The van der Waals surface area contributed by atoms with Gasteiger partial charge in [0.15, 0.2) is 0 Å². The Hall–Kier alpha value is -2.25. The Balaban J connectivity index is 1.87. The Kier molecular flexibility index (Phi) is 4.89. The predicted molar refractivity (Wildman–Crippen MR) is 72.8 cm³/mol. The lowest BCUT2D eigenvalue weighted by molar-refractivity contribution is -0.137. The number of nitrogens with one attached hydrogen (secondary N) is 3. The highest BCUT2D eigenvalue weighted by Gasteiger charge is 2.30. The molecule has 0 bridgehead atoms. The molecule has 1 heterocycles. The van der Waals surface area contributed by atoms with Crippen LogP contribution in [0.4, 0.5) is 18.0 Å². The van der Waals surface area contributed by atoms with Crippen LogP contribution in [0.25, 0.3) is 0 Å². The van der Waals surface area contributed by atoms with Gasteiger partial charge in [0.25, 0.3) is 0 Å². The fourth-order valence-electron chi connectivity index (χ4n) is 2.16. The molecule has 1 atom stereocenters. The van der Waals surface area contributed by atoms with Gasteiger partial charge in [-0.15, -0.1) is 0 Å². The standard InChI is InChI=1S/C14H16F3N3O2/c15-14(16,17)10-4-1-3-9(7-10)8-19-13(22)20-11-5-2-6-18-12(11)21/h1,3-4,7,11H,2,5-6,8H2,(H,18,21)(H2,19,20,22)/t11-/m0/s1. The van der Waals surface area contributed by atoms with Crippen LogP contribution in [0.2, 0.25) is 0 Å². The Bertz CT molecular complexity index is 561. The Morgan fingerprint density at radius 1 is 1.36 bits per heavy atom. The number of halogens is 3. The van der Waals surface area contributed by atoms with Crippen molar-refractivity contribution in [2.75, 3.05) is 6.54 Å². The molecular formula is C14H16F3N3O2. The van der Waals surface area contributed by atoms with Gasteiger partial charge in [0, 0.05) is 13.1 Å². The number of urea groups is 1. The quantitative estimate of drug-likeness (QED) is 0.796. The van der Waals surface area contributed by atoms with E-state index in [9.17, 15) is 22.8 Å². The minimum absolute atomic E-state index is 0.0515. The molecule has 1 fully saturated rings. The zero-order valence-corrected chi connectivity index (χ0v) is 11.7. The molecule has 0 spiro atoms. The predicted octanol–water partition coefficient (Wildman–Crippen LogP) is 1.78. The summed E-state index contributed by atoms with van der Waals surface area (Å²) in [6.07, 6.45) is -3.11. The van der Waals surface area contributed by atoms with E-state index in [1.165, 1.54) is 12.1 Å². The maximum Gasteiger partial charge on any atom is 0.416 e. The molecule has 0 radical (unpaired) electrons. The summed E-state index contributed by atoms with van der Waals surface area (Å²) in [5.74, 6) is -0.250. The van der Waals surface area contributed by atoms with E-state index in [0.717, 1.165) is 18.6 Å². The third kappa shape index (κ3) is 4.37. The first-order valence-corrected chi connectivity index (χ1v) is 6.84. The van der Waals surface area contributed by atoms with E-state index in [-0.39, 0.29) is 12.5 Å². The average molecular weight is 315 g/mol. The monoisotopic (exact) mass is 315 g/mol. The highest BCUT2D eigenvalue weighted by atomic mass is 19.4. The smallest absolute Gasteiger partial charge is 0.354 e. The second-order valence-electron chi connectivity index (χ2n) is 5.01. The van der Waals surface area contributed by atoms with Gasteiger partial charge in [0.05, 0.1) is 5.56 Å². The van der Waals surface area contributed by atoms with Crippen LogP contribution < -0.4 is 16.0 Å². The molecule has 0 unspecified atom stereocenters. The van der Waals surface area contributed by atoms with Gasteiger partial charge in [0.2, 0.25) is 5.91 Å². The van der Waals surface area contributed by atoms with Crippen molar-refractivity contribution < 1.29 is 22.8 Å². The number of hydrogen-bond donors (Lipinski definition) is 3. The van der Waals surface area contributed by atoms with Crippen molar-refractivity contribution >= 4 is 11.9 Å². The number of carbonyl (C=O) groups excluding carboxylic acids is 2. The highest BCUT2D eigenvalue weighted by Crippen LogP contribution is 2.29. The molecule has 1 aromatic rings. The van der Waals surface area contributed by atoms with Crippen molar-refractivity contribution in [1.82, 2.24) is 16.0 Å². The molecule has 2 rings (SSSR count). The van der Waals surface area contributed by atoms with Crippen LogP contribution in [0.5, 0.6) is 0 Å². The van der Waals surface area contributed by atoms with E-state index in [1.54, 1.807) is 0 Å². The van der Waals surface area contributed by atoms with Gasteiger partial charge in [-0.2, -0.15) is 13.2 Å². The Morgan fingerprint density at radius 2 is 2.14 bits per heavy atom. The molecule has 1 aliphatic heterocycles. The number of benzene rings is 1. The molecule has 0 saturated carbocycles. The first-order valence-electron chi connectivity index (χ1n) is 6.84. The van der Waals surface area contributed by atoms with Crippen LogP contribution in [0.3, 0.4) is 0 Å². The van der Waals surface area contributed by atoms with Gasteiger partial charge in [-0.25, -0.2) is 4.79 Å². The SMILES string of the molecule is O=C(NCc1cccc(C(F)(F)F)c1)N[C@H]1CCCNC1=O. The number of piperidine rings is 1. The molecule has 1 aliphatic rings. The fourth-order valence-corrected chi connectivity index (χ4v) is 2.16. The molecule has 0 aromatic heterocycles. The van der Waals surface area contributed by atoms with E-state index in [4.69, 9.17) is 0 Å². The molecule has 120 valence electrons. The maximum absolute atomic E-state index is 12.6. The zero-order chi connectivity index (χ0) is 16.2. The normalized spacial score (nSPS) is 18.5. The lowest BCUT2D eigenvalue weighted by Gasteiger charge is -2.22. The summed E-state index contributed by atoms with van der Waals surface area (Å²) in [6.45, 7) is 0.535. The molecule has 3 amide bonds. The Morgan fingerprint density at radius 3 is 2.82 bits per heavy atom. The first-order chi connectivity index (χ1) is 10.4. The molecular weight excluding hydrogens is 299 g/mol. The molecule has 1 aromatic carbocycles. The lowest BCUT2D eigenvalue weighted by Crippen LogP contribution is -2.52. The van der Waals surface area contributed by atoms with Crippen LogP contribution >= 0.6 is 0 Å². The van der Waals surface area contributed by atoms with E-state index in [2.05, 4.69) is 16.0 Å². The summed E-state index contributed by atoms with van der Waals surface area (Å²) < 4.78 is 37.7. The second-order valence-corrected chi connectivity index (χ2v) is 5.01. The van der Waals surface area contributed by atoms with E-state index < -0.39 is 23.8 Å². The molecule has 5 nitrogen and oxygen atoms in total. The number of alkyl halides is 3. The topological polar surface area (TPSA) is 70.2 Å². The van der Waals surface area contributed by atoms with Gasteiger partial charge in [0.1, 0.15) is 6.04 Å². The Labute approximate surface area is 125 Å². The van der Waals surface area contributed by atoms with E-state index in [1.807, 2.05) is 0 Å². The summed E-state index contributed by atoms with van der Waals surface area (Å²) in [4.78, 5) is 23.2. The molecule has 8 heteroatoms. The van der Waals surface area contributed by atoms with Crippen molar-refractivity contribution in [2.45, 2.75) is 31.6 Å². The average Bonchev–Trinajstić information content (AvgIpc) is 2.47. The van der Waals surface area contributed by atoms with Crippen LogP contribution in [0.1, 0.15) is 24.0 Å². The lowest BCUT2D eigenvalue weighted by atomic mass is 10.1. The zero-order valence-electron chi connectivity index (χ0n) is 11.7. The number of hydrogen-bond acceptors (Lipinski definition) is 2. The minimum atomic E-state index is -4.42. The first kappa shape index (κ1) is 16.1. The van der Waals surface area contributed by atoms with Crippen LogP contribution in [0.15, 0.2) is 24.3 Å². The maximum atomic E-state index is 12.6. The van der Waals surface area contributed by atoms with Gasteiger partial charge >= 0.3 is 12.2 Å². The van der Waals surface area contributed by atoms with E-state index >= 15 is 0 Å². The molecule has 22 heavy (non-hydrogen) atoms. The molecule has 3 N–H and O–H groups in total. The van der Waals surface area contributed by atoms with Crippen molar-refractivity contribution in [3.8, 4) is 0 Å². The van der Waals surface area contributed by atoms with Crippen molar-refractivity contribution in [3.05, 3.63) is 35.4 Å². The van der Waals surface area contributed by atoms with Crippen LogP contribution in [-0.2, 0) is 17.5 Å². The summed E-state index contributed by atoms with van der Waals surface area (Å²) >= 11 is 0. The van der Waals surface area contributed by atoms with Gasteiger partial charge in [-0.05, 0) is 30.5 Å². The fraction of sp³-hybridized carbons (Fsp3) is 0.429. The van der Waals surface area contributed by atoms with Crippen molar-refractivity contribution in [2.24, 2.45) is 0 Å². The summed E-state index contributed by atoms with van der Waals surface area (Å²) in [7, 11) is 0. The van der Waals surface area contributed by atoms with Gasteiger partial charge in [-0.3, -0.25) is 4.79 Å². The van der Waals surface area contributed by atoms with Gasteiger partial charge < -0.3 is 16.0 Å². The van der Waals surface area contributed by atoms with Crippen LogP contribution in [-0.4, -0.2) is 24.5 Å². The third-order valence-electron chi connectivity index (χ3n) is 3.30. The number of amides is 3. The highest BCUT2D eigenvalue weighted by molar-refractivity contribution is 5.87. The van der Waals surface area contributed by atoms with Crippen LogP contribution in [0, 0.1) is 0 Å².